The van der Waals surface area contributed by atoms with Gasteiger partial charge in [-0.3, -0.25) is 4.79 Å². The van der Waals surface area contributed by atoms with E-state index in [0.29, 0.717) is 34.4 Å². The number of carbonyl (C=O) groups is 1. The summed E-state index contributed by atoms with van der Waals surface area (Å²) in [4.78, 5) is 12.1. The Bertz CT molecular complexity index is 461. The first-order valence-electron chi connectivity index (χ1n) is 5.95. The first-order valence-corrected chi connectivity index (χ1v) is 6.75. The Hall–Kier alpha value is -1.27. The smallest absolute Gasteiger partial charge is 0.251 e. The molecule has 19 heavy (non-hydrogen) atoms. The highest BCUT2D eigenvalue weighted by molar-refractivity contribution is 9.10. The largest absolute Gasteiger partial charge is 0.495 e. The zero-order chi connectivity index (χ0) is 14.0. The second-order valence-corrected chi connectivity index (χ2v) is 5.28. The van der Waals surface area contributed by atoms with Gasteiger partial charge in [-0.25, -0.2) is 0 Å². The van der Waals surface area contributed by atoms with Crippen LogP contribution in [0.1, 0.15) is 23.2 Å². The van der Waals surface area contributed by atoms with Gasteiger partial charge in [0.2, 0.25) is 0 Å². The second kappa shape index (κ2) is 5.79. The molecule has 1 saturated carbocycles. The summed E-state index contributed by atoms with van der Waals surface area (Å²) >= 11 is 3.35. The fourth-order valence-corrected chi connectivity index (χ4v) is 2.53. The van der Waals surface area contributed by atoms with Gasteiger partial charge in [0.25, 0.3) is 5.91 Å². The van der Waals surface area contributed by atoms with Crippen molar-refractivity contribution in [1.29, 1.82) is 0 Å². The molecular formula is C13H16BrNO4. The van der Waals surface area contributed by atoms with Crippen molar-refractivity contribution in [3.63, 3.8) is 0 Å². The quantitative estimate of drug-likeness (QED) is 0.882. The summed E-state index contributed by atoms with van der Waals surface area (Å²) in [6, 6.07) is 3.34. The van der Waals surface area contributed by atoms with E-state index in [-0.39, 0.29) is 18.1 Å². The van der Waals surface area contributed by atoms with Crippen molar-refractivity contribution < 1.29 is 19.4 Å². The predicted octanol–water partition coefficient (Wildman–Crippen LogP) is 1.72. The van der Waals surface area contributed by atoms with Gasteiger partial charge in [-0.2, -0.15) is 0 Å². The number of aliphatic hydroxyl groups is 1. The van der Waals surface area contributed by atoms with Gasteiger partial charge < -0.3 is 19.9 Å². The molecule has 0 unspecified atom stereocenters. The van der Waals surface area contributed by atoms with E-state index >= 15 is 0 Å². The molecule has 0 saturated heterocycles. The molecule has 0 aliphatic heterocycles. The average molecular weight is 330 g/mol. The molecule has 1 fully saturated rings. The summed E-state index contributed by atoms with van der Waals surface area (Å²) in [6.45, 7) is 0. The van der Waals surface area contributed by atoms with E-state index in [2.05, 4.69) is 21.2 Å². The van der Waals surface area contributed by atoms with Crippen molar-refractivity contribution >= 4 is 21.8 Å². The second-order valence-electron chi connectivity index (χ2n) is 4.49. The molecule has 2 N–H and O–H groups in total. The van der Waals surface area contributed by atoms with E-state index in [4.69, 9.17) is 9.47 Å². The number of carbonyl (C=O) groups excluding carboxylic acids is 1. The minimum absolute atomic E-state index is 0.0446. The molecule has 1 amide bonds. The van der Waals surface area contributed by atoms with Gasteiger partial charge in [0.1, 0.15) is 16.0 Å². The van der Waals surface area contributed by atoms with E-state index < -0.39 is 0 Å². The number of nitrogens with one attached hydrogen (secondary N) is 1. The maximum atomic E-state index is 12.1. The number of ether oxygens (including phenoxy) is 2. The Morgan fingerprint density at radius 1 is 1.32 bits per heavy atom. The third-order valence-corrected chi connectivity index (χ3v) is 3.94. The van der Waals surface area contributed by atoms with Gasteiger partial charge in [-0.1, -0.05) is 0 Å². The van der Waals surface area contributed by atoms with Crippen molar-refractivity contribution in [3.05, 3.63) is 22.2 Å². The third-order valence-electron chi connectivity index (χ3n) is 3.16. The average Bonchev–Trinajstić information content (AvgIpc) is 2.37. The number of benzene rings is 1. The Morgan fingerprint density at radius 2 is 1.84 bits per heavy atom. The van der Waals surface area contributed by atoms with Gasteiger partial charge in [0, 0.05) is 11.6 Å². The minimum atomic E-state index is -0.292. The monoisotopic (exact) mass is 329 g/mol. The lowest BCUT2D eigenvalue weighted by molar-refractivity contribution is 0.0562. The number of amides is 1. The summed E-state index contributed by atoms with van der Waals surface area (Å²) in [5.41, 5.74) is 0.471. The number of methoxy groups -OCH3 is 2. The van der Waals surface area contributed by atoms with Crippen molar-refractivity contribution in [2.75, 3.05) is 14.2 Å². The van der Waals surface area contributed by atoms with Crippen LogP contribution in [0.4, 0.5) is 0 Å². The van der Waals surface area contributed by atoms with Crippen LogP contribution >= 0.6 is 15.9 Å². The molecule has 5 nitrogen and oxygen atoms in total. The van der Waals surface area contributed by atoms with Crippen molar-refractivity contribution in [1.82, 2.24) is 5.32 Å². The number of aliphatic hydroxyl groups excluding tert-OH is 1. The van der Waals surface area contributed by atoms with Crippen LogP contribution in [-0.4, -0.2) is 37.4 Å². The highest BCUT2D eigenvalue weighted by atomic mass is 79.9. The number of halogens is 1. The highest BCUT2D eigenvalue weighted by Gasteiger charge is 2.29. The molecule has 2 rings (SSSR count). The van der Waals surface area contributed by atoms with Gasteiger partial charge in [-0.05, 0) is 40.9 Å². The van der Waals surface area contributed by atoms with Crippen LogP contribution in [0.25, 0.3) is 0 Å². The Balaban J connectivity index is 2.16. The molecule has 1 aromatic carbocycles. The Morgan fingerprint density at radius 3 is 2.26 bits per heavy atom. The molecule has 0 radical (unpaired) electrons. The summed E-state index contributed by atoms with van der Waals surface area (Å²) < 4.78 is 11.1. The summed E-state index contributed by atoms with van der Waals surface area (Å²) in [5, 5.41) is 12.1. The van der Waals surface area contributed by atoms with E-state index in [1.165, 1.54) is 14.2 Å². The van der Waals surface area contributed by atoms with Crippen LogP contribution in [0.3, 0.4) is 0 Å². The summed E-state index contributed by atoms with van der Waals surface area (Å²) in [7, 11) is 3.06. The number of hydrogen-bond acceptors (Lipinski definition) is 4. The van der Waals surface area contributed by atoms with E-state index in [1.54, 1.807) is 12.1 Å². The lowest BCUT2D eigenvalue weighted by Crippen LogP contribution is -2.46. The van der Waals surface area contributed by atoms with E-state index in [9.17, 15) is 9.90 Å². The van der Waals surface area contributed by atoms with Crippen LogP contribution in [0.15, 0.2) is 16.6 Å². The lowest BCUT2D eigenvalue weighted by Gasteiger charge is -2.32. The van der Waals surface area contributed by atoms with Crippen molar-refractivity contribution in [3.8, 4) is 11.5 Å². The summed E-state index contributed by atoms with van der Waals surface area (Å²) in [6.07, 6.45) is 0.923. The molecule has 104 valence electrons. The first kappa shape index (κ1) is 14.1. The Kier molecular flexibility index (Phi) is 4.31. The summed E-state index contributed by atoms with van der Waals surface area (Å²) in [5.74, 6) is 0.886. The molecule has 0 aromatic heterocycles. The third kappa shape index (κ3) is 3.01. The molecule has 0 heterocycles. The molecule has 0 spiro atoms. The van der Waals surface area contributed by atoms with Crippen LogP contribution in [0.5, 0.6) is 11.5 Å². The molecule has 6 heteroatoms. The highest BCUT2D eigenvalue weighted by Crippen LogP contribution is 2.35. The minimum Gasteiger partial charge on any atom is -0.495 e. The zero-order valence-corrected chi connectivity index (χ0v) is 12.4. The van der Waals surface area contributed by atoms with Gasteiger partial charge in [0.15, 0.2) is 0 Å². The van der Waals surface area contributed by atoms with Gasteiger partial charge >= 0.3 is 0 Å². The van der Waals surface area contributed by atoms with E-state index in [0.717, 1.165) is 0 Å². The van der Waals surface area contributed by atoms with Crippen molar-refractivity contribution in [2.45, 2.75) is 25.0 Å². The maximum Gasteiger partial charge on any atom is 0.251 e. The number of rotatable bonds is 4. The fraction of sp³-hybridized carbons (Fsp3) is 0.462. The molecule has 1 aromatic rings. The standard InChI is InChI=1S/C13H16BrNO4/c1-18-10-3-7(4-11(19-2)12(10)14)13(17)15-8-5-9(16)6-8/h3-4,8-9,16H,5-6H2,1-2H3,(H,15,17). The maximum absolute atomic E-state index is 12.1. The Labute approximate surface area is 120 Å². The van der Waals surface area contributed by atoms with Crippen LogP contribution in [0, 0.1) is 0 Å². The molecular weight excluding hydrogens is 314 g/mol. The van der Waals surface area contributed by atoms with E-state index in [1.807, 2.05) is 0 Å². The molecule has 1 aliphatic rings. The van der Waals surface area contributed by atoms with Gasteiger partial charge in [0.05, 0.1) is 20.3 Å². The zero-order valence-electron chi connectivity index (χ0n) is 10.8. The van der Waals surface area contributed by atoms with Crippen LogP contribution < -0.4 is 14.8 Å². The van der Waals surface area contributed by atoms with Gasteiger partial charge in [-0.15, -0.1) is 0 Å². The molecule has 1 aliphatic carbocycles. The topological polar surface area (TPSA) is 67.8 Å². The first-order chi connectivity index (χ1) is 9.05. The normalized spacial score (nSPS) is 21.5. The molecule has 0 bridgehead atoms. The predicted molar refractivity (Wildman–Crippen MR) is 73.7 cm³/mol. The fourth-order valence-electron chi connectivity index (χ4n) is 1.97. The molecule has 0 atom stereocenters. The number of hydrogen-bond donors (Lipinski definition) is 2. The lowest BCUT2D eigenvalue weighted by atomic mass is 9.89. The van der Waals surface area contributed by atoms with Crippen LogP contribution in [-0.2, 0) is 0 Å². The van der Waals surface area contributed by atoms with Crippen LogP contribution in [0.2, 0.25) is 0 Å². The van der Waals surface area contributed by atoms with Crippen molar-refractivity contribution in [2.24, 2.45) is 0 Å². The SMILES string of the molecule is COc1cc(C(=O)NC2CC(O)C2)cc(OC)c1Br.